The van der Waals surface area contributed by atoms with Gasteiger partial charge in [0.2, 0.25) is 0 Å². The van der Waals surface area contributed by atoms with Crippen molar-refractivity contribution in [2.24, 2.45) is 5.41 Å². The van der Waals surface area contributed by atoms with E-state index in [1.807, 2.05) is 54.6 Å². The lowest BCUT2D eigenvalue weighted by Gasteiger charge is -2.27. The Morgan fingerprint density at radius 1 is 1.00 bits per heavy atom. The molecular weight excluding hydrogens is 340 g/mol. The summed E-state index contributed by atoms with van der Waals surface area (Å²) in [5.41, 5.74) is 1.91. The van der Waals surface area contributed by atoms with Gasteiger partial charge in [-0.15, -0.1) is 0 Å². The molecule has 0 aliphatic carbocycles. The molecule has 0 bridgehead atoms. The maximum absolute atomic E-state index is 12.5. The van der Waals surface area contributed by atoms with Crippen molar-refractivity contribution < 1.29 is 14.3 Å². The van der Waals surface area contributed by atoms with Crippen molar-refractivity contribution in [3.05, 3.63) is 60.2 Å². The molecule has 0 saturated heterocycles. The third-order valence-electron chi connectivity index (χ3n) is 3.99. The number of benzene rings is 2. The van der Waals surface area contributed by atoms with Crippen molar-refractivity contribution >= 4 is 11.7 Å². The minimum absolute atomic E-state index is 0.0529. The first-order valence-corrected chi connectivity index (χ1v) is 9.22. The zero-order chi connectivity index (χ0) is 19.7. The third kappa shape index (κ3) is 7.71. The molecule has 146 valence electrons. The van der Waals surface area contributed by atoms with Gasteiger partial charge in [-0.05, 0) is 41.7 Å². The van der Waals surface area contributed by atoms with Gasteiger partial charge in [-0.2, -0.15) is 0 Å². The summed E-state index contributed by atoms with van der Waals surface area (Å²) in [5, 5.41) is 5.99. The van der Waals surface area contributed by atoms with Crippen LogP contribution in [0.1, 0.15) is 38.8 Å². The molecule has 0 fully saturated rings. The van der Waals surface area contributed by atoms with Gasteiger partial charge in [0.25, 0.3) is 0 Å². The highest BCUT2D eigenvalue weighted by Gasteiger charge is 2.22. The number of hydrogen-bond donors (Lipinski definition) is 2. The van der Waals surface area contributed by atoms with Gasteiger partial charge in [0.15, 0.2) is 0 Å². The number of methoxy groups -OCH3 is 1. The molecule has 27 heavy (non-hydrogen) atoms. The van der Waals surface area contributed by atoms with E-state index in [1.165, 1.54) is 0 Å². The molecule has 2 rings (SSSR count). The number of nitrogens with one attached hydrogen (secondary N) is 2. The lowest BCUT2D eigenvalue weighted by atomic mass is 9.85. The van der Waals surface area contributed by atoms with Crippen LogP contribution in [0.25, 0.3) is 0 Å². The number of ether oxygens (including phenoxy) is 2. The summed E-state index contributed by atoms with van der Waals surface area (Å²) >= 11 is 0. The molecule has 2 amide bonds. The van der Waals surface area contributed by atoms with Crippen molar-refractivity contribution in [3.63, 3.8) is 0 Å². The number of rotatable bonds is 8. The van der Waals surface area contributed by atoms with Crippen LogP contribution in [0.15, 0.2) is 54.6 Å². The zero-order valence-electron chi connectivity index (χ0n) is 16.6. The molecular formula is C22H30N2O3. The summed E-state index contributed by atoms with van der Waals surface area (Å²) in [4.78, 5) is 12.5. The molecule has 1 atom stereocenters. The van der Waals surface area contributed by atoms with Crippen LogP contribution < -0.4 is 15.4 Å². The van der Waals surface area contributed by atoms with E-state index in [-0.39, 0.29) is 17.5 Å². The predicted molar refractivity (Wildman–Crippen MR) is 109 cm³/mol. The highest BCUT2D eigenvalue weighted by molar-refractivity contribution is 5.89. The molecule has 0 heterocycles. The third-order valence-corrected chi connectivity index (χ3v) is 3.99. The Labute approximate surface area is 162 Å². The summed E-state index contributed by atoms with van der Waals surface area (Å²) in [6.45, 7) is 7.55. The second-order valence-electron chi connectivity index (χ2n) is 7.69. The molecule has 0 saturated carbocycles. The van der Waals surface area contributed by atoms with Crippen molar-refractivity contribution in [2.45, 2.75) is 33.2 Å². The Bertz CT molecular complexity index is 694. The Morgan fingerprint density at radius 3 is 2.26 bits per heavy atom. The average Bonchev–Trinajstić information content (AvgIpc) is 2.62. The van der Waals surface area contributed by atoms with E-state index in [1.54, 1.807) is 7.11 Å². The Kier molecular flexibility index (Phi) is 7.67. The van der Waals surface area contributed by atoms with Gasteiger partial charge in [-0.25, -0.2) is 4.79 Å². The molecule has 0 radical (unpaired) electrons. The van der Waals surface area contributed by atoms with E-state index in [2.05, 4.69) is 31.4 Å². The average molecular weight is 370 g/mol. The summed E-state index contributed by atoms with van der Waals surface area (Å²) in [7, 11) is 1.64. The van der Waals surface area contributed by atoms with Crippen LogP contribution in [0.3, 0.4) is 0 Å². The largest absolute Gasteiger partial charge is 0.491 e. The van der Waals surface area contributed by atoms with Gasteiger partial charge < -0.3 is 20.1 Å². The monoisotopic (exact) mass is 370 g/mol. The first kappa shape index (κ1) is 20.8. The molecule has 2 aromatic carbocycles. The smallest absolute Gasteiger partial charge is 0.319 e. The molecule has 5 heteroatoms. The van der Waals surface area contributed by atoms with Crippen molar-refractivity contribution in [3.8, 4) is 5.75 Å². The van der Waals surface area contributed by atoms with Crippen LogP contribution in [-0.4, -0.2) is 26.4 Å². The molecule has 2 aromatic rings. The van der Waals surface area contributed by atoms with E-state index in [0.717, 1.165) is 17.7 Å². The van der Waals surface area contributed by atoms with E-state index < -0.39 is 0 Å². The fraction of sp³-hybridized carbons (Fsp3) is 0.409. The van der Waals surface area contributed by atoms with Gasteiger partial charge in [0, 0.05) is 12.8 Å². The Hall–Kier alpha value is -2.53. The maximum Gasteiger partial charge on any atom is 0.319 e. The number of carbonyl (C=O) groups excluding carboxylic acids is 1. The van der Waals surface area contributed by atoms with Crippen molar-refractivity contribution in [2.75, 3.05) is 25.6 Å². The minimum atomic E-state index is -0.221. The van der Waals surface area contributed by atoms with Gasteiger partial charge in [0.1, 0.15) is 12.4 Å². The number of urea groups is 1. The Morgan fingerprint density at radius 2 is 1.67 bits per heavy atom. The molecule has 0 spiro atoms. The van der Waals surface area contributed by atoms with Gasteiger partial charge in [-0.3, -0.25) is 0 Å². The number of hydrogen-bond acceptors (Lipinski definition) is 3. The van der Waals surface area contributed by atoms with E-state index in [4.69, 9.17) is 9.47 Å². The Balaban J connectivity index is 1.96. The van der Waals surface area contributed by atoms with Crippen LogP contribution in [0.5, 0.6) is 5.75 Å². The summed E-state index contributed by atoms with van der Waals surface area (Å²) < 4.78 is 10.5. The van der Waals surface area contributed by atoms with Crippen LogP contribution >= 0.6 is 0 Å². The molecule has 0 aliphatic heterocycles. The molecule has 0 aliphatic rings. The van der Waals surface area contributed by atoms with E-state index >= 15 is 0 Å². The highest BCUT2D eigenvalue weighted by Crippen LogP contribution is 2.29. The topological polar surface area (TPSA) is 59.6 Å². The second-order valence-corrected chi connectivity index (χ2v) is 7.69. The molecule has 5 nitrogen and oxygen atoms in total. The van der Waals surface area contributed by atoms with E-state index in [9.17, 15) is 4.79 Å². The zero-order valence-corrected chi connectivity index (χ0v) is 16.6. The normalized spacial score (nSPS) is 12.3. The minimum Gasteiger partial charge on any atom is -0.491 e. The van der Waals surface area contributed by atoms with Crippen molar-refractivity contribution in [1.82, 2.24) is 5.32 Å². The van der Waals surface area contributed by atoms with Crippen molar-refractivity contribution in [1.29, 1.82) is 0 Å². The summed E-state index contributed by atoms with van der Waals surface area (Å²) in [6.07, 6.45) is 0.844. The van der Waals surface area contributed by atoms with Gasteiger partial charge in [0.05, 0.1) is 12.6 Å². The lowest BCUT2D eigenvalue weighted by molar-refractivity contribution is 0.146. The van der Waals surface area contributed by atoms with Crippen LogP contribution in [0, 0.1) is 5.41 Å². The van der Waals surface area contributed by atoms with Crippen LogP contribution in [0.4, 0.5) is 10.5 Å². The number of anilines is 1. The van der Waals surface area contributed by atoms with Crippen LogP contribution in [-0.2, 0) is 4.74 Å². The first-order chi connectivity index (χ1) is 12.9. The molecule has 0 aromatic heterocycles. The maximum atomic E-state index is 12.5. The summed E-state index contributed by atoms with van der Waals surface area (Å²) in [5.74, 6) is 0.743. The van der Waals surface area contributed by atoms with E-state index in [0.29, 0.717) is 18.9 Å². The standard InChI is InChI=1S/C22H30N2O3/c1-22(2,3)16-20(17-8-6-5-7-9-17)24-21(25)23-18-10-12-19(13-11-18)27-15-14-26-4/h5-13,20H,14-16H2,1-4H3,(H2,23,24,25). The number of amides is 2. The predicted octanol–water partition coefficient (Wildman–Crippen LogP) is 5.01. The number of carbonyl (C=O) groups is 1. The second kappa shape index (κ2) is 9.97. The first-order valence-electron chi connectivity index (χ1n) is 9.22. The highest BCUT2D eigenvalue weighted by atomic mass is 16.5. The molecule has 1 unspecified atom stereocenters. The van der Waals surface area contributed by atoms with Gasteiger partial charge in [-0.1, -0.05) is 51.1 Å². The van der Waals surface area contributed by atoms with Gasteiger partial charge >= 0.3 is 6.03 Å². The van der Waals surface area contributed by atoms with Crippen LogP contribution in [0.2, 0.25) is 0 Å². The lowest BCUT2D eigenvalue weighted by Crippen LogP contribution is -2.34. The SMILES string of the molecule is COCCOc1ccc(NC(=O)NC(CC(C)(C)C)c2ccccc2)cc1. The fourth-order valence-corrected chi connectivity index (χ4v) is 2.75. The molecule has 2 N–H and O–H groups in total. The summed E-state index contributed by atoms with van der Waals surface area (Å²) in [6, 6.07) is 17.1. The fourth-order valence-electron chi connectivity index (χ4n) is 2.75. The quantitative estimate of drug-likeness (QED) is 0.642.